The van der Waals surface area contributed by atoms with E-state index in [1.165, 1.54) is 16.7 Å². The van der Waals surface area contributed by atoms with Crippen molar-refractivity contribution >= 4 is 39.3 Å². The lowest BCUT2D eigenvalue weighted by molar-refractivity contribution is -0.140. The first-order valence-corrected chi connectivity index (χ1v) is 18.4. The fourth-order valence-corrected chi connectivity index (χ4v) is 6.88. The van der Waals surface area contributed by atoms with Crippen molar-refractivity contribution in [1.29, 1.82) is 0 Å². The highest BCUT2D eigenvalue weighted by atomic mass is 32.2. The smallest absolute Gasteiger partial charge is 0.264 e. The molecule has 0 aliphatic carbocycles. The number of hydrogen-bond donors (Lipinski definition) is 1. The molecule has 0 unspecified atom stereocenters. The number of hydrogen-bond acceptors (Lipinski definition) is 6. The van der Waals surface area contributed by atoms with Crippen LogP contribution >= 0.6 is 11.8 Å². The summed E-state index contributed by atoms with van der Waals surface area (Å²) in [5.41, 5.74) is 2.00. The Morgan fingerprint density at radius 3 is 1.98 bits per heavy atom. The molecular formula is C37H43N3O5S2. The zero-order valence-corrected chi connectivity index (χ0v) is 29.0. The van der Waals surface area contributed by atoms with Crippen molar-refractivity contribution in [3.8, 4) is 5.75 Å². The minimum absolute atomic E-state index is 0.0574. The maximum atomic E-state index is 14.6. The van der Waals surface area contributed by atoms with Crippen molar-refractivity contribution in [3.63, 3.8) is 0 Å². The fraction of sp³-hybridized carbons (Fsp3) is 0.297. The van der Waals surface area contributed by atoms with Crippen LogP contribution in [0.1, 0.15) is 38.3 Å². The summed E-state index contributed by atoms with van der Waals surface area (Å²) < 4.78 is 35.3. The Kier molecular flexibility index (Phi) is 12.9. The van der Waals surface area contributed by atoms with E-state index in [2.05, 4.69) is 5.32 Å². The maximum Gasteiger partial charge on any atom is 0.264 e. The second kappa shape index (κ2) is 17.0. The van der Waals surface area contributed by atoms with Crippen molar-refractivity contribution in [1.82, 2.24) is 10.2 Å². The van der Waals surface area contributed by atoms with E-state index in [0.29, 0.717) is 18.0 Å². The first-order valence-electron chi connectivity index (χ1n) is 15.7. The zero-order valence-electron chi connectivity index (χ0n) is 27.3. The summed E-state index contributed by atoms with van der Waals surface area (Å²) >= 11 is 1.51. The number of nitrogens with zero attached hydrogens (tertiary/aromatic N) is 2. The standard InChI is InChI=1S/C37H43N3O5S2/c1-5-28(3)38-37(42)35(25-29-13-9-7-10-14-29)39(26-30-15-11-8-12-16-30)36(41)27-40(31-17-19-32(20-18-31)45-6-2)47(43,44)34-23-21-33(46-4)22-24-34/h7-24,28,35H,5-6,25-27H2,1-4H3,(H,38,42)/t28-,35+/m1/s1. The Balaban J connectivity index is 1.79. The SMILES string of the molecule is CCOc1ccc(N(CC(=O)N(Cc2ccccc2)[C@@H](Cc2ccccc2)C(=O)N[C@H](C)CC)S(=O)(=O)c2ccc(SC)cc2)cc1. The number of amides is 2. The number of rotatable bonds is 16. The predicted molar refractivity (Wildman–Crippen MR) is 189 cm³/mol. The van der Waals surface area contributed by atoms with Gasteiger partial charge in [0, 0.05) is 23.9 Å². The van der Waals surface area contributed by atoms with Crippen LogP contribution in [0, 0.1) is 0 Å². The van der Waals surface area contributed by atoms with E-state index >= 15 is 0 Å². The molecule has 0 saturated heterocycles. The molecule has 0 aliphatic rings. The third-order valence-electron chi connectivity index (χ3n) is 7.83. The molecule has 0 fully saturated rings. The summed E-state index contributed by atoms with van der Waals surface area (Å²) in [5, 5.41) is 3.06. The molecule has 4 aromatic rings. The van der Waals surface area contributed by atoms with Gasteiger partial charge in [0.25, 0.3) is 10.0 Å². The molecular weight excluding hydrogens is 631 g/mol. The summed E-state index contributed by atoms with van der Waals surface area (Å²) in [5.74, 6) is -0.220. The van der Waals surface area contributed by atoms with Gasteiger partial charge >= 0.3 is 0 Å². The topological polar surface area (TPSA) is 96.0 Å². The molecule has 1 N–H and O–H groups in total. The summed E-state index contributed by atoms with van der Waals surface area (Å²) in [4.78, 5) is 31.0. The number of anilines is 1. The fourth-order valence-electron chi connectivity index (χ4n) is 5.05. The van der Waals surface area contributed by atoms with Gasteiger partial charge in [-0.2, -0.15) is 0 Å². The number of benzene rings is 4. The Morgan fingerprint density at radius 2 is 1.43 bits per heavy atom. The molecule has 4 rings (SSSR count). The van der Waals surface area contributed by atoms with Crippen LogP contribution in [0.4, 0.5) is 5.69 Å². The third kappa shape index (κ3) is 9.62. The van der Waals surface area contributed by atoms with E-state index in [0.717, 1.165) is 26.7 Å². The van der Waals surface area contributed by atoms with Gasteiger partial charge in [0.1, 0.15) is 18.3 Å². The summed E-state index contributed by atoms with van der Waals surface area (Å²) in [6.07, 6.45) is 2.89. The minimum atomic E-state index is -4.20. The van der Waals surface area contributed by atoms with E-state index in [9.17, 15) is 18.0 Å². The average molecular weight is 674 g/mol. The quantitative estimate of drug-likeness (QED) is 0.136. The molecule has 8 nitrogen and oxygen atoms in total. The summed E-state index contributed by atoms with van der Waals surface area (Å²) in [6, 6.07) is 31.1. The molecule has 0 heterocycles. The third-order valence-corrected chi connectivity index (χ3v) is 10.4. The van der Waals surface area contributed by atoms with E-state index < -0.39 is 28.5 Å². The van der Waals surface area contributed by atoms with Crippen LogP contribution in [-0.4, -0.2) is 56.6 Å². The molecule has 47 heavy (non-hydrogen) atoms. The van der Waals surface area contributed by atoms with Crippen LogP contribution in [0.5, 0.6) is 5.75 Å². The van der Waals surface area contributed by atoms with Gasteiger partial charge in [-0.05, 0) is 86.2 Å². The van der Waals surface area contributed by atoms with Crippen molar-refractivity contribution in [3.05, 3.63) is 120 Å². The normalized spacial score (nSPS) is 12.5. The second-order valence-corrected chi connectivity index (χ2v) is 13.9. The molecule has 2 atom stereocenters. The van der Waals surface area contributed by atoms with Crippen LogP contribution < -0.4 is 14.4 Å². The average Bonchev–Trinajstić information content (AvgIpc) is 3.10. The highest BCUT2D eigenvalue weighted by Crippen LogP contribution is 2.28. The second-order valence-electron chi connectivity index (χ2n) is 11.1. The van der Waals surface area contributed by atoms with E-state index in [4.69, 9.17) is 4.74 Å². The van der Waals surface area contributed by atoms with Crippen LogP contribution in [0.25, 0.3) is 0 Å². The molecule has 248 valence electrons. The van der Waals surface area contributed by atoms with Gasteiger partial charge in [-0.1, -0.05) is 67.6 Å². The molecule has 4 aromatic carbocycles. The maximum absolute atomic E-state index is 14.6. The van der Waals surface area contributed by atoms with Crippen LogP contribution in [0.3, 0.4) is 0 Å². The van der Waals surface area contributed by atoms with Gasteiger partial charge in [-0.15, -0.1) is 11.8 Å². The van der Waals surface area contributed by atoms with E-state index in [-0.39, 0.29) is 29.8 Å². The molecule has 0 radical (unpaired) electrons. The Bertz CT molecular complexity index is 1680. The number of ether oxygens (including phenoxy) is 1. The molecule has 10 heteroatoms. The van der Waals surface area contributed by atoms with Crippen LogP contribution in [0.15, 0.2) is 119 Å². The monoisotopic (exact) mass is 673 g/mol. The Hall–Kier alpha value is -4.28. The summed E-state index contributed by atoms with van der Waals surface area (Å²) in [6.45, 7) is 5.82. The lowest BCUT2D eigenvalue weighted by Gasteiger charge is -2.34. The Morgan fingerprint density at radius 1 is 0.830 bits per heavy atom. The summed E-state index contributed by atoms with van der Waals surface area (Å²) in [7, 11) is -4.20. The number of thioether (sulfide) groups is 1. The van der Waals surface area contributed by atoms with Crippen molar-refractivity contribution in [2.24, 2.45) is 0 Å². The van der Waals surface area contributed by atoms with E-state index in [1.807, 2.05) is 87.7 Å². The van der Waals surface area contributed by atoms with Gasteiger partial charge in [0.05, 0.1) is 17.2 Å². The number of carbonyl (C=O) groups is 2. The zero-order chi connectivity index (χ0) is 33.8. The highest BCUT2D eigenvalue weighted by Gasteiger charge is 2.35. The molecule has 0 aromatic heterocycles. The van der Waals surface area contributed by atoms with Gasteiger partial charge in [-0.25, -0.2) is 8.42 Å². The molecule has 0 saturated carbocycles. The first-order chi connectivity index (χ1) is 22.7. The minimum Gasteiger partial charge on any atom is -0.494 e. The van der Waals surface area contributed by atoms with Gasteiger partial charge in [0.15, 0.2) is 0 Å². The van der Waals surface area contributed by atoms with E-state index in [1.54, 1.807) is 48.5 Å². The van der Waals surface area contributed by atoms with Crippen molar-refractivity contribution in [2.45, 2.75) is 62.0 Å². The molecule has 2 amide bonds. The van der Waals surface area contributed by atoms with Crippen LogP contribution in [0.2, 0.25) is 0 Å². The van der Waals surface area contributed by atoms with Crippen molar-refractivity contribution < 1.29 is 22.7 Å². The largest absolute Gasteiger partial charge is 0.494 e. The molecule has 0 aliphatic heterocycles. The number of carbonyl (C=O) groups excluding carboxylic acids is 2. The predicted octanol–water partition coefficient (Wildman–Crippen LogP) is 6.56. The van der Waals surface area contributed by atoms with Gasteiger partial charge in [0.2, 0.25) is 11.8 Å². The molecule has 0 bridgehead atoms. The lowest BCUT2D eigenvalue weighted by atomic mass is 10.0. The van der Waals surface area contributed by atoms with Crippen molar-refractivity contribution in [2.75, 3.05) is 23.7 Å². The number of sulfonamides is 1. The first kappa shape index (κ1) is 35.6. The van der Waals surface area contributed by atoms with Gasteiger partial charge < -0.3 is 15.0 Å². The lowest BCUT2D eigenvalue weighted by Crippen LogP contribution is -2.54. The van der Waals surface area contributed by atoms with Gasteiger partial charge in [-0.3, -0.25) is 13.9 Å². The Labute approximate surface area is 283 Å². The van der Waals surface area contributed by atoms with Crippen LogP contribution in [-0.2, 0) is 32.6 Å². The molecule has 0 spiro atoms. The number of nitrogens with one attached hydrogen (secondary N) is 1. The highest BCUT2D eigenvalue weighted by molar-refractivity contribution is 7.98.